The molecule has 0 radical (unpaired) electrons. The molecular formula is C11H23NO2. The highest BCUT2D eigenvalue weighted by Gasteiger charge is 2.20. The van der Waals surface area contributed by atoms with Crippen LogP contribution in [0.15, 0.2) is 0 Å². The Hall–Kier alpha value is -0.570. The number of hydrogen-bond donors (Lipinski definition) is 1. The molecule has 1 atom stereocenters. The molecule has 3 nitrogen and oxygen atoms in total. The van der Waals surface area contributed by atoms with Crippen LogP contribution in [-0.4, -0.2) is 25.7 Å². The van der Waals surface area contributed by atoms with E-state index in [-0.39, 0.29) is 17.4 Å². The molecule has 0 spiro atoms. The summed E-state index contributed by atoms with van der Waals surface area (Å²) in [5, 5.41) is 3.15. The van der Waals surface area contributed by atoms with Gasteiger partial charge in [0.25, 0.3) is 0 Å². The minimum Gasteiger partial charge on any atom is -0.466 e. The maximum atomic E-state index is 11.2. The number of carbonyl (C=O) groups excluding carboxylic acids is 1. The molecule has 0 saturated heterocycles. The molecule has 0 aliphatic heterocycles. The summed E-state index contributed by atoms with van der Waals surface area (Å²) in [6, 6.07) is 0.217. The van der Waals surface area contributed by atoms with Gasteiger partial charge in [-0.15, -0.1) is 0 Å². The monoisotopic (exact) mass is 201 g/mol. The van der Waals surface area contributed by atoms with E-state index in [4.69, 9.17) is 4.74 Å². The second kappa shape index (κ2) is 6.02. The highest BCUT2D eigenvalue weighted by molar-refractivity contribution is 5.70. The van der Waals surface area contributed by atoms with Crippen LogP contribution in [0.5, 0.6) is 0 Å². The van der Waals surface area contributed by atoms with E-state index in [1.54, 1.807) is 0 Å². The predicted octanol–water partition coefficient (Wildman–Crippen LogP) is 1.96. The number of carbonyl (C=O) groups is 1. The zero-order valence-corrected chi connectivity index (χ0v) is 10.0. The molecule has 3 heteroatoms. The molecular weight excluding hydrogens is 178 g/mol. The molecule has 0 bridgehead atoms. The van der Waals surface area contributed by atoms with Crippen LogP contribution in [-0.2, 0) is 9.53 Å². The SMILES string of the molecule is CCOC(=O)CC(CC(C)(C)C)NC. The minimum absolute atomic E-state index is 0.115. The van der Waals surface area contributed by atoms with Crippen LogP contribution in [0, 0.1) is 5.41 Å². The Kier molecular flexibility index (Phi) is 5.77. The van der Waals surface area contributed by atoms with Crippen LogP contribution >= 0.6 is 0 Å². The number of ether oxygens (including phenoxy) is 1. The quantitative estimate of drug-likeness (QED) is 0.691. The summed E-state index contributed by atoms with van der Waals surface area (Å²) in [5.74, 6) is -0.115. The maximum Gasteiger partial charge on any atom is 0.307 e. The van der Waals surface area contributed by atoms with Crippen LogP contribution in [0.4, 0.5) is 0 Å². The van der Waals surface area contributed by atoms with Crippen molar-refractivity contribution in [2.75, 3.05) is 13.7 Å². The van der Waals surface area contributed by atoms with Gasteiger partial charge >= 0.3 is 5.97 Å². The molecule has 1 N–H and O–H groups in total. The molecule has 0 aliphatic rings. The van der Waals surface area contributed by atoms with Crippen molar-refractivity contribution in [3.05, 3.63) is 0 Å². The standard InChI is InChI=1S/C11H23NO2/c1-6-14-10(13)7-9(12-5)8-11(2,3)4/h9,12H,6-8H2,1-5H3. The van der Waals surface area contributed by atoms with Crippen molar-refractivity contribution in [3.8, 4) is 0 Å². The summed E-state index contributed by atoms with van der Waals surface area (Å²) < 4.78 is 4.91. The Bertz CT molecular complexity index is 173. The van der Waals surface area contributed by atoms with Crippen LogP contribution in [0.2, 0.25) is 0 Å². The third-order valence-corrected chi connectivity index (χ3v) is 1.99. The first-order valence-corrected chi connectivity index (χ1v) is 5.22. The molecule has 0 rings (SSSR count). The van der Waals surface area contributed by atoms with Gasteiger partial charge in [0.05, 0.1) is 13.0 Å². The van der Waals surface area contributed by atoms with Gasteiger partial charge in [-0.2, -0.15) is 0 Å². The first-order valence-electron chi connectivity index (χ1n) is 5.22. The van der Waals surface area contributed by atoms with Crippen molar-refractivity contribution in [2.45, 2.75) is 46.6 Å². The lowest BCUT2D eigenvalue weighted by atomic mass is 9.87. The number of esters is 1. The number of rotatable bonds is 5. The number of hydrogen-bond acceptors (Lipinski definition) is 3. The van der Waals surface area contributed by atoms with E-state index in [2.05, 4.69) is 26.1 Å². The zero-order valence-electron chi connectivity index (χ0n) is 10.0. The lowest BCUT2D eigenvalue weighted by Crippen LogP contribution is -2.32. The molecule has 0 aromatic rings. The van der Waals surface area contributed by atoms with E-state index in [0.29, 0.717) is 13.0 Å². The lowest BCUT2D eigenvalue weighted by molar-refractivity contribution is -0.143. The molecule has 1 unspecified atom stereocenters. The fourth-order valence-electron chi connectivity index (χ4n) is 1.44. The van der Waals surface area contributed by atoms with E-state index in [1.807, 2.05) is 14.0 Å². The van der Waals surface area contributed by atoms with Gasteiger partial charge in [0.2, 0.25) is 0 Å². The van der Waals surface area contributed by atoms with Gasteiger partial charge in [-0.25, -0.2) is 0 Å². The van der Waals surface area contributed by atoms with Crippen molar-refractivity contribution in [3.63, 3.8) is 0 Å². The van der Waals surface area contributed by atoms with Gasteiger partial charge in [0.1, 0.15) is 0 Å². The van der Waals surface area contributed by atoms with Gasteiger partial charge in [-0.05, 0) is 25.8 Å². The Morgan fingerprint density at radius 2 is 2.00 bits per heavy atom. The second-order valence-electron chi connectivity index (χ2n) is 4.76. The zero-order chi connectivity index (χ0) is 11.2. The molecule has 0 amide bonds. The highest BCUT2D eigenvalue weighted by Crippen LogP contribution is 2.22. The van der Waals surface area contributed by atoms with Crippen LogP contribution in [0.3, 0.4) is 0 Å². The molecule has 0 heterocycles. The summed E-state index contributed by atoms with van der Waals surface area (Å²) in [6.45, 7) is 8.80. The van der Waals surface area contributed by atoms with Crippen LogP contribution in [0.25, 0.3) is 0 Å². The maximum absolute atomic E-state index is 11.2. The van der Waals surface area contributed by atoms with E-state index >= 15 is 0 Å². The Balaban J connectivity index is 3.97. The molecule has 0 saturated carbocycles. The van der Waals surface area contributed by atoms with Crippen molar-refractivity contribution in [1.29, 1.82) is 0 Å². The Morgan fingerprint density at radius 3 is 2.36 bits per heavy atom. The first-order chi connectivity index (χ1) is 6.39. The normalized spacial score (nSPS) is 13.8. The third-order valence-electron chi connectivity index (χ3n) is 1.99. The molecule has 0 aromatic heterocycles. The summed E-state index contributed by atoms with van der Waals surface area (Å²) >= 11 is 0. The minimum atomic E-state index is -0.115. The van der Waals surface area contributed by atoms with Crippen molar-refractivity contribution in [1.82, 2.24) is 5.32 Å². The van der Waals surface area contributed by atoms with Gasteiger partial charge in [-0.3, -0.25) is 4.79 Å². The van der Waals surface area contributed by atoms with Gasteiger partial charge < -0.3 is 10.1 Å². The molecule has 14 heavy (non-hydrogen) atoms. The van der Waals surface area contributed by atoms with Gasteiger partial charge in [0.15, 0.2) is 0 Å². The highest BCUT2D eigenvalue weighted by atomic mass is 16.5. The largest absolute Gasteiger partial charge is 0.466 e. The van der Waals surface area contributed by atoms with E-state index < -0.39 is 0 Å². The van der Waals surface area contributed by atoms with Crippen molar-refractivity contribution >= 4 is 5.97 Å². The second-order valence-corrected chi connectivity index (χ2v) is 4.76. The predicted molar refractivity (Wildman–Crippen MR) is 58.2 cm³/mol. The van der Waals surface area contributed by atoms with Gasteiger partial charge in [-0.1, -0.05) is 20.8 Å². The van der Waals surface area contributed by atoms with Gasteiger partial charge in [0, 0.05) is 6.04 Å². The Morgan fingerprint density at radius 1 is 1.43 bits per heavy atom. The molecule has 0 aromatic carbocycles. The summed E-state index contributed by atoms with van der Waals surface area (Å²) in [4.78, 5) is 11.2. The average Bonchev–Trinajstić information content (AvgIpc) is 2.01. The van der Waals surface area contributed by atoms with Crippen LogP contribution < -0.4 is 5.32 Å². The summed E-state index contributed by atoms with van der Waals surface area (Å²) in [7, 11) is 1.88. The van der Waals surface area contributed by atoms with Crippen molar-refractivity contribution < 1.29 is 9.53 Å². The lowest BCUT2D eigenvalue weighted by Gasteiger charge is -2.24. The van der Waals surface area contributed by atoms with E-state index in [0.717, 1.165) is 6.42 Å². The third kappa shape index (κ3) is 6.89. The smallest absolute Gasteiger partial charge is 0.307 e. The van der Waals surface area contributed by atoms with Crippen molar-refractivity contribution in [2.24, 2.45) is 5.41 Å². The Labute approximate surface area is 87.2 Å². The van der Waals surface area contributed by atoms with E-state index in [9.17, 15) is 4.79 Å². The fourth-order valence-corrected chi connectivity index (χ4v) is 1.44. The topological polar surface area (TPSA) is 38.3 Å². The van der Waals surface area contributed by atoms with E-state index in [1.165, 1.54) is 0 Å². The molecule has 0 aliphatic carbocycles. The van der Waals surface area contributed by atoms with Crippen LogP contribution in [0.1, 0.15) is 40.5 Å². The molecule has 0 fully saturated rings. The summed E-state index contributed by atoms with van der Waals surface area (Å²) in [6.07, 6.45) is 1.43. The first kappa shape index (κ1) is 13.4. The number of nitrogens with one attached hydrogen (secondary N) is 1. The summed E-state index contributed by atoms with van der Waals surface area (Å²) in [5.41, 5.74) is 0.236. The fraction of sp³-hybridized carbons (Fsp3) is 0.909. The average molecular weight is 201 g/mol. The molecule has 84 valence electrons.